The molecule has 1 aromatic heterocycles. The predicted octanol–water partition coefficient (Wildman–Crippen LogP) is 4.13. The van der Waals surface area contributed by atoms with Crippen LogP contribution in [-0.2, 0) is 0 Å². The Morgan fingerprint density at radius 2 is 2.11 bits per heavy atom. The minimum absolute atomic E-state index is 0.249. The predicted molar refractivity (Wildman–Crippen MR) is 77.1 cm³/mol. The Balaban J connectivity index is 1.90. The summed E-state index contributed by atoms with van der Waals surface area (Å²) in [6, 6.07) is 5.18. The summed E-state index contributed by atoms with van der Waals surface area (Å²) in [7, 11) is 0. The summed E-state index contributed by atoms with van der Waals surface area (Å²) in [6.07, 6.45) is 8.58. The van der Waals surface area contributed by atoms with Crippen LogP contribution < -0.4 is 5.32 Å². The van der Waals surface area contributed by atoms with Gasteiger partial charge >= 0.3 is 0 Å². The molecule has 1 aliphatic rings. The number of imidazole rings is 1. The van der Waals surface area contributed by atoms with Crippen molar-refractivity contribution >= 4 is 21.9 Å². The lowest BCUT2D eigenvalue weighted by atomic mass is 10.2. The Bertz CT molecular complexity index is 576. The van der Waals surface area contributed by atoms with Gasteiger partial charge in [-0.15, -0.1) is 0 Å². The molecule has 2 aromatic rings. The highest BCUT2D eigenvalue weighted by Gasteiger charge is 2.17. The molecule has 0 atom stereocenters. The summed E-state index contributed by atoms with van der Waals surface area (Å²) in [5.74, 6) is 0.570. The van der Waals surface area contributed by atoms with Crippen molar-refractivity contribution in [3.05, 3.63) is 40.9 Å². The van der Waals surface area contributed by atoms with Crippen molar-refractivity contribution in [3.63, 3.8) is 0 Å². The van der Waals surface area contributed by atoms with Gasteiger partial charge in [-0.2, -0.15) is 0 Å². The van der Waals surface area contributed by atoms with Gasteiger partial charge in [0.05, 0.1) is 5.69 Å². The van der Waals surface area contributed by atoms with Gasteiger partial charge in [0, 0.05) is 22.9 Å². The van der Waals surface area contributed by atoms with Gasteiger partial charge in [0.25, 0.3) is 0 Å². The summed E-state index contributed by atoms with van der Waals surface area (Å²) in [5, 5.41) is 3.47. The highest BCUT2D eigenvalue weighted by atomic mass is 79.9. The van der Waals surface area contributed by atoms with E-state index in [1.807, 2.05) is 10.8 Å². The van der Waals surface area contributed by atoms with Gasteiger partial charge in [-0.25, -0.2) is 9.37 Å². The molecule has 5 heteroatoms. The minimum atomic E-state index is -0.249. The summed E-state index contributed by atoms with van der Waals surface area (Å²) in [6.45, 7) is 0. The van der Waals surface area contributed by atoms with E-state index in [1.165, 1.54) is 37.8 Å². The first-order valence-electron chi connectivity index (χ1n) is 6.49. The van der Waals surface area contributed by atoms with Crippen LogP contribution in [0, 0.1) is 5.82 Å². The third-order valence-electron chi connectivity index (χ3n) is 3.50. The van der Waals surface area contributed by atoms with Crippen molar-refractivity contribution in [2.45, 2.75) is 31.7 Å². The Hall–Kier alpha value is -1.36. The Morgan fingerprint density at radius 3 is 2.84 bits per heavy atom. The first-order valence-corrected chi connectivity index (χ1v) is 7.28. The van der Waals surface area contributed by atoms with Gasteiger partial charge in [0.15, 0.2) is 0 Å². The number of nitrogens with one attached hydrogen (secondary N) is 1. The van der Waals surface area contributed by atoms with Gasteiger partial charge < -0.3 is 5.32 Å². The van der Waals surface area contributed by atoms with Crippen molar-refractivity contribution in [2.75, 3.05) is 5.32 Å². The number of hydrogen-bond acceptors (Lipinski definition) is 2. The van der Waals surface area contributed by atoms with E-state index in [-0.39, 0.29) is 5.82 Å². The van der Waals surface area contributed by atoms with Gasteiger partial charge in [0.1, 0.15) is 5.82 Å². The maximum atomic E-state index is 13.1. The molecule has 3 nitrogen and oxygen atoms in total. The van der Waals surface area contributed by atoms with E-state index < -0.39 is 0 Å². The van der Waals surface area contributed by atoms with E-state index in [4.69, 9.17) is 0 Å². The Morgan fingerprint density at radius 1 is 1.32 bits per heavy atom. The average Bonchev–Trinajstić information content (AvgIpc) is 3.02. The highest BCUT2D eigenvalue weighted by Crippen LogP contribution is 2.27. The first kappa shape index (κ1) is 12.7. The topological polar surface area (TPSA) is 29.9 Å². The standard InChI is InChI=1S/C14H15BrFN3/c15-12-9-10(16)5-6-13(12)19-8-7-17-14(19)18-11-3-1-2-4-11/h5-9,11H,1-4H2,(H,17,18). The van der Waals surface area contributed by atoms with E-state index in [0.29, 0.717) is 6.04 Å². The number of aromatic nitrogens is 2. The third-order valence-corrected chi connectivity index (χ3v) is 4.13. The van der Waals surface area contributed by atoms with Crippen molar-refractivity contribution in [2.24, 2.45) is 0 Å². The van der Waals surface area contributed by atoms with Crippen LogP contribution >= 0.6 is 15.9 Å². The Kier molecular flexibility index (Phi) is 3.55. The molecule has 0 unspecified atom stereocenters. The molecule has 0 saturated heterocycles. The lowest BCUT2D eigenvalue weighted by Crippen LogP contribution is -2.17. The fourth-order valence-electron chi connectivity index (χ4n) is 2.53. The molecule has 1 fully saturated rings. The highest BCUT2D eigenvalue weighted by molar-refractivity contribution is 9.10. The molecule has 19 heavy (non-hydrogen) atoms. The summed E-state index contributed by atoms with van der Waals surface area (Å²) >= 11 is 3.40. The van der Waals surface area contributed by atoms with Crippen LogP contribution in [0.3, 0.4) is 0 Å². The van der Waals surface area contributed by atoms with E-state index in [0.717, 1.165) is 16.1 Å². The zero-order chi connectivity index (χ0) is 13.2. The van der Waals surface area contributed by atoms with Gasteiger partial charge in [-0.3, -0.25) is 4.57 Å². The van der Waals surface area contributed by atoms with Crippen LogP contribution in [0.2, 0.25) is 0 Å². The van der Waals surface area contributed by atoms with Gasteiger partial charge in [0.2, 0.25) is 5.95 Å². The minimum Gasteiger partial charge on any atom is -0.353 e. The third kappa shape index (κ3) is 2.66. The average molecular weight is 324 g/mol. The Labute approximate surface area is 120 Å². The number of halogens is 2. The number of rotatable bonds is 3. The van der Waals surface area contributed by atoms with Gasteiger partial charge in [-0.1, -0.05) is 12.8 Å². The second kappa shape index (κ2) is 5.33. The number of benzene rings is 1. The molecule has 0 aliphatic heterocycles. The van der Waals surface area contributed by atoms with Crippen LogP contribution in [0.4, 0.5) is 10.3 Å². The fourth-order valence-corrected chi connectivity index (χ4v) is 3.08. The SMILES string of the molecule is Fc1ccc(-n2ccnc2NC2CCCC2)c(Br)c1. The molecule has 1 aliphatic carbocycles. The number of anilines is 1. The molecule has 1 saturated carbocycles. The number of hydrogen-bond donors (Lipinski definition) is 1. The quantitative estimate of drug-likeness (QED) is 0.920. The van der Waals surface area contributed by atoms with Gasteiger partial charge in [-0.05, 0) is 47.0 Å². The molecule has 0 bridgehead atoms. The largest absolute Gasteiger partial charge is 0.353 e. The molecule has 3 rings (SSSR count). The van der Waals surface area contributed by atoms with E-state index >= 15 is 0 Å². The molecule has 100 valence electrons. The van der Waals surface area contributed by atoms with Crippen molar-refractivity contribution in [1.29, 1.82) is 0 Å². The van der Waals surface area contributed by atoms with Crippen LogP contribution in [0.5, 0.6) is 0 Å². The van der Waals surface area contributed by atoms with Crippen LogP contribution in [0.25, 0.3) is 5.69 Å². The molecule has 0 radical (unpaired) electrons. The molecule has 1 heterocycles. The summed E-state index contributed by atoms with van der Waals surface area (Å²) in [4.78, 5) is 4.36. The maximum Gasteiger partial charge on any atom is 0.207 e. The zero-order valence-electron chi connectivity index (χ0n) is 10.4. The normalized spacial score (nSPS) is 15.9. The molecular weight excluding hydrogens is 309 g/mol. The molecule has 1 aromatic carbocycles. The first-order chi connectivity index (χ1) is 9.24. The van der Waals surface area contributed by atoms with E-state index in [1.54, 1.807) is 12.3 Å². The van der Waals surface area contributed by atoms with Crippen LogP contribution in [0.1, 0.15) is 25.7 Å². The second-order valence-electron chi connectivity index (χ2n) is 4.84. The summed E-state index contributed by atoms with van der Waals surface area (Å²) in [5.41, 5.74) is 0.888. The maximum absolute atomic E-state index is 13.1. The van der Waals surface area contributed by atoms with Crippen LogP contribution in [-0.4, -0.2) is 15.6 Å². The van der Waals surface area contributed by atoms with E-state index in [2.05, 4.69) is 26.2 Å². The molecule has 0 amide bonds. The van der Waals surface area contributed by atoms with Crippen molar-refractivity contribution in [3.8, 4) is 5.69 Å². The summed E-state index contributed by atoms with van der Waals surface area (Å²) < 4.78 is 15.8. The lowest BCUT2D eigenvalue weighted by Gasteiger charge is -2.15. The van der Waals surface area contributed by atoms with Crippen molar-refractivity contribution < 1.29 is 4.39 Å². The smallest absolute Gasteiger partial charge is 0.207 e. The van der Waals surface area contributed by atoms with E-state index in [9.17, 15) is 4.39 Å². The molecular formula is C14H15BrFN3. The second-order valence-corrected chi connectivity index (χ2v) is 5.70. The zero-order valence-corrected chi connectivity index (χ0v) is 12.0. The fraction of sp³-hybridized carbons (Fsp3) is 0.357. The molecule has 1 N–H and O–H groups in total. The van der Waals surface area contributed by atoms with Crippen LogP contribution in [0.15, 0.2) is 35.1 Å². The molecule has 0 spiro atoms. The number of nitrogens with zero attached hydrogens (tertiary/aromatic N) is 2. The lowest BCUT2D eigenvalue weighted by molar-refractivity contribution is 0.626. The van der Waals surface area contributed by atoms with Crippen molar-refractivity contribution in [1.82, 2.24) is 9.55 Å². The monoisotopic (exact) mass is 323 g/mol.